The van der Waals surface area contributed by atoms with Gasteiger partial charge in [0.15, 0.2) is 17.5 Å². The molecular weight excluding hydrogens is 426 g/mol. The molecule has 0 fully saturated rings. The van der Waals surface area contributed by atoms with Crippen LogP contribution in [0.5, 0.6) is 0 Å². The molecular formula is C28H19F4N. The fourth-order valence-corrected chi connectivity index (χ4v) is 3.46. The molecule has 0 aliphatic rings. The first-order valence-corrected chi connectivity index (χ1v) is 10.4. The molecule has 0 amide bonds. The van der Waals surface area contributed by atoms with Crippen LogP contribution in [0.4, 0.5) is 17.6 Å². The second kappa shape index (κ2) is 9.70. The number of halogens is 4. The van der Waals surface area contributed by atoms with Crippen molar-refractivity contribution >= 4 is 10.8 Å². The average Bonchev–Trinajstić information content (AvgIpc) is 2.82. The molecule has 1 heterocycles. The molecule has 33 heavy (non-hydrogen) atoms. The first-order valence-electron chi connectivity index (χ1n) is 10.4. The van der Waals surface area contributed by atoms with Crippen LogP contribution in [0, 0.1) is 35.1 Å². The smallest absolute Gasteiger partial charge is 0.195 e. The largest absolute Gasteiger partial charge is 0.256 e. The Morgan fingerprint density at radius 2 is 1.70 bits per heavy atom. The summed E-state index contributed by atoms with van der Waals surface area (Å²) in [7, 11) is 0. The highest BCUT2D eigenvalue weighted by molar-refractivity contribution is 5.84. The standard InChI is InChI=1S/C28H19F4N/c1-2-3-4-5-19-8-13-26(33-17-19)21-11-10-20(24(29)15-21)9-6-18-7-12-23-22(14-18)16-25(30)28(32)27(23)31/h2-3,7-8,10-17H,4-5H2,1H3/b3-2+. The van der Waals surface area contributed by atoms with Gasteiger partial charge in [-0.1, -0.05) is 42.2 Å². The quantitative estimate of drug-likeness (QED) is 0.138. The first-order chi connectivity index (χ1) is 16.0. The van der Waals surface area contributed by atoms with Gasteiger partial charge in [0.2, 0.25) is 0 Å². The van der Waals surface area contributed by atoms with Crippen LogP contribution in [-0.2, 0) is 6.42 Å². The predicted octanol–water partition coefficient (Wildman–Crippen LogP) is 7.37. The molecule has 3 aromatic carbocycles. The predicted molar refractivity (Wildman–Crippen MR) is 123 cm³/mol. The first kappa shape index (κ1) is 22.3. The highest BCUT2D eigenvalue weighted by Gasteiger charge is 2.13. The number of rotatable bonds is 4. The van der Waals surface area contributed by atoms with E-state index in [4.69, 9.17) is 0 Å². The molecule has 1 aromatic heterocycles. The molecule has 0 radical (unpaired) electrons. The summed E-state index contributed by atoms with van der Waals surface area (Å²) in [4.78, 5) is 4.43. The van der Waals surface area contributed by atoms with E-state index in [1.54, 1.807) is 18.3 Å². The van der Waals surface area contributed by atoms with Crippen LogP contribution in [0.2, 0.25) is 0 Å². The maximum Gasteiger partial charge on any atom is 0.195 e. The van der Waals surface area contributed by atoms with Crippen molar-refractivity contribution in [1.29, 1.82) is 0 Å². The Labute approximate surface area is 189 Å². The monoisotopic (exact) mass is 445 g/mol. The Kier molecular flexibility index (Phi) is 6.55. The second-order valence-corrected chi connectivity index (χ2v) is 7.53. The number of hydrogen-bond donors (Lipinski definition) is 0. The van der Waals surface area contributed by atoms with Crippen molar-refractivity contribution in [2.45, 2.75) is 19.8 Å². The topological polar surface area (TPSA) is 12.9 Å². The molecule has 4 rings (SSSR count). The van der Waals surface area contributed by atoms with Crippen molar-refractivity contribution in [2.75, 3.05) is 0 Å². The van der Waals surface area contributed by atoms with Gasteiger partial charge in [-0.2, -0.15) is 0 Å². The van der Waals surface area contributed by atoms with E-state index in [1.165, 1.54) is 24.3 Å². The maximum atomic E-state index is 14.6. The van der Waals surface area contributed by atoms with Crippen LogP contribution in [0.15, 0.2) is 72.9 Å². The van der Waals surface area contributed by atoms with Gasteiger partial charge in [-0.05, 0) is 67.1 Å². The normalized spacial score (nSPS) is 11.1. The summed E-state index contributed by atoms with van der Waals surface area (Å²) in [6, 6.07) is 13.7. The lowest BCUT2D eigenvalue weighted by Gasteiger charge is -2.04. The molecule has 164 valence electrons. The average molecular weight is 445 g/mol. The number of fused-ring (bicyclic) bond motifs is 1. The van der Waals surface area contributed by atoms with Crippen molar-refractivity contribution < 1.29 is 17.6 Å². The van der Waals surface area contributed by atoms with Gasteiger partial charge >= 0.3 is 0 Å². The minimum Gasteiger partial charge on any atom is -0.256 e. The van der Waals surface area contributed by atoms with Gasteiger partial charge in [-0.25, -0.2) is 17.6 Å². The van der Waals surface area contributed by atoms with Crippen LogP contribution in [0.1, 0.15) is 30.0 Å². The van der Waals surface area contributed by atoms with Gasteiger partial charge < -0.3 is 0 Å². The number of aromatic nitrogens is 1. The fourth-order valence-electron chi connectivity index (χ4n) is 3.46. The SMILES string of the molecule is C/C=C/CCc1ccc(-c2ccc(C#Cc3ccc4c(F)c(F)c(F)cc4c3)c(F)c2)nc1. The summed E-state index contributed by atoms with van der Waals surface area (Å²) in [6.45, 7) is 1.98. The molecule has 0 saturated carbocycles. The third kappa shape index (κ3) is 4.96. The summed E-state index contributed by atoms with van der Waals surface area (Å²) in [6.07, 6.45) is 7.73. The zero-order chi connectivity index (χ0) is 23.4. The minimum atomic E-state index is -1.51. The molecule has 1 nitrogen and oxygen atoms in total. The molecule has 0 atom stereocenters. The highest BCUT2D eigenvalue weighted by Crippen LogP contribution is 2.24. The van der Waals surface area contributed by atoms with Crippen molar-refractivity contribution in [1.82, 2.24) is 4.98 Å². The van der Waals surface area contributed by atoms with Crippen molar-refractivity contribution in [2.24, 2.45) is 0 Å². The Morgan fingerprint density at radius 1 is 0.848 bits per heavy atom. The summed E-state index contributed by atoms with van der Waals surface area (Å²) in [5.41, 5.74) is 3.01. The van der Waals surface area contributed by atoms with E-state index in [-0.39, 0.29) is 16.3 Å². The summed E-state index contributed by atoms with van der Waals surface area (Å²) >= 11 is 0. The molecule has 0 aliphatic heterocycles. The molecule has 0 unspecified atom stereocenters. The van der Waals surface area contributed by atoms with E-state index in [0.29, 0.717) is 16.8 Å². The number of nitrogens with zero attached hydrogens (tertiary/aromatic N) is 1. The number of hydrogen-bond acceptors (Lipinski definition) is 1. The number of allylic oxidation sites excluding steroid dienone is 2. The van der Waals surface area contributed by atoms with Gasteiger partial charge in [-0.3, -0.25) is 4.98 Å². The Hall–Kier alpha value is -3.91. The van der Waals surface area contributed by atoms with Crippen LogP contribution in [0.25, 0.3) is 22.0 Å². The van der Waals surface area contributed by atoms with Crippen LogP contribution in [0.3, 0.4) is 0 Å². The minimum absolute atomic E-state index is 0.0460. The number of benzene rings is 3. The lowest BCUT2D eigenvalue weighted by atomic mass is 10.0. The molecule has 0 N–H and O–H groups in total. The van der Waals surface area contributed by atoms with E-state index in [1.807, 2.05) is 25.1 Å². The zero-order valence-corrected chi connectivity index (χ0v) is 17.8. The van der Waals surface area contributed by atoms with Crippen LogP contribution < -0.4 is 0 Å². The highest BCUT2D eigenvalue weighted by atomic mass is 19.2. The number of pyridine rings is 1. The summed E-state index contributed by atoms with van der Waals surface area (Å²) < 4.78 is 55.4. The van der Waals surface area contributed by atoms with Crippen molar-refractivity contribution in [3.05, 3.63) is 113 Å². The molecule has 0 aliphatic carbocycles. The van der Waals surface area contributed by atoms with Gasteiger partial charge in [-0.15, -0.1) is 0 Å². The van der Waals surface area contributed by atoms with Gasteiger partial charge in [0, 0.05) is 22.7 Å². The molecule has 0 saturated heterocycles. The van der Waals surface area contributed by atoms with Crippen LogP contribution in [-0.4, -0.2) is 4.98 Å². The molecule has 4 aromatic rings. The van der Waals surface area contributed by atoms with E-state index in [2.05, 4.69) is 22.9 Å². The maximum absolute atomic E-state index is 14.6. The van der Waals surface area contributed by atoms with Crippen molar-refractivity contribution in [3.8, 4) is 23.1 Å². The Morgan fingerprint density at radius 3 is 2.42 bits per heavy atom. The van der Waals surface area contributed by atoms with E-state index < -0.39 is 23.3 Å². The molecule has 5 heteroatoms. The lowest BCUT2D eigenvalue weighted by molar-refractivity contribution is 0.453. The Bertz CT molecular complexity index is 1410. The van der Waals surface area contributed by atoms with Crippen molar-refractivity contribution in [3.63, 3.8) is 0 Å². The number of aryl methyl sites for hydroxylation is 1. The summed E-state index contributed by atoms with van der Waals surface area (Å²) in [5.74, 6) is 0.996. The molecule has 0 bridgehead atoms. The van der Waals surface area contributed by atoms with E-state index in [9.17, 15) is 17.6 Å². The Balaban J connectivity index is 1.56. The summed E-state index contributed by atoms with van der Waals surface area (Å²) in [5, 5.41) is 0.129. The van der Waals surface area contributed by atoms with Gasteiger partial charge in [0.05, 0.1) is 11.3 Å². The lowest BCUT2D eigenvalue weighted by Crippen LogP contribution is -1.92. The van der Waals surface area contributed by atoms with Gasteiger partial charge in [0.25, 0.3) is 0 Å². The van der Waals surface area contributed by atoms with Gasteiger partial charge in [0.1, 0.15) is 5.82 Å². The third-order valence-corrected chi connectivity index (χ3v) is 5.24. The third-order valence-electron chi connectivity index (χ3n) is 5.24. The van der Waals surface area contributed by atoms with E-state index >= 15 is 0 Å². The van der Waals surface area contributed by atoms with E-state index in [0.717, 1.165) is 24.5 Å². The van der Waals surface area contributed by atoms with Crippen LogP contribution >= 0.6 is 0 Å². The second-order valence-electron chi connectivity index (χ2n) is 7.53. The zero-order valence-electron chi connectivity index (χ0n) is 17.8. The molecule has 0 spiro atoms. The fraction of sp³-hybridized carbons (Fsp3) is 0.107.